The maximum atomic E-state index is 6.27. The van der Waals surface area contributed by atoms with E-state index in [2.05, 4.69) is 42.5 Å². The van der Waals surface area contributed by atoms with Crippen LogP contribution in [0.1, 0.15) is 28.1 Å². The predicted octanol–water partition coefficient (Wildman–Crippen LogP) is 3.50. The Balaban J connectivity index is 1.60. The maximum Gasteiger partial charge on any atom is 0.0677 e. The molecule has 0 amide bonds. The smallest absolute Gasteiger partial charge is 0.0677 e. The fourth-order valence-corrected chi connectivity index (χ4v) is 3.12. The Hall–Kier alpha value is -2.11. The van der Waals surface area contributed by atoms with Crippen LogP contribution in [0.2, 0.25) is 5.02 Å². The fourth-order valence-electron chi connectivity index (χ4n) is 2.93. The number of hydrogen-bond donors (Lipinski definition) is 1. The number of benzene rings is 1. The summed E-state index contributed by atoms with van der Waals surface area (Å²) in [5.41, 5.74) is 5.77. The summed E-state index contributed by atoms with van der Waals surface area (Å²) < 4.78 is 3.99. The van der Waals surface area contributed by atoms with Crippen LogP contribution < -0.4 is 5.32 Å². The normalized spacial score (nSPS) is 11.2. The van der Waals surface area contributed by atoms with Gasteiger partial charge in [-0.05, 0) is 38.0 Å². The molecule has 1 aromatic carbocycles. The van der Waals surface area contributed by atoms with Crippen LogP contribution >= 0.6 is 11.6 Å². The summed E-state index contributed by atoms with van der Waals surface area (Å²) in [5.74, 6) is 0. The second-order valence-corrected chi connectivity index (χ2v) is 6.76. The first-order chi connectivity index (χ1) is 12.0. The minimum absolute atomic E-state index is 0.693. The van der Waals surface area contributed by atoms with Gasteiger partial charge in [0.25, 0.3) is 0 Å². The molecule has 0 unspecified atom stereocenters. The summed E-state index contributed by atoms with van der Waals surface area (Å²) in [6.45, 7) is 9.46. The summed E-state index contributed by atoms with van der Waals surface area (Å²) in [6.07, 6.45) is 3.94. The van der Waals surface area contributed by atoms with E-state index in [1.54, 1.807) is 0 Å². The molecule has 1 N–H and O–H groups in total. The van der Waals surface area contributed by atoms with E-state index < -0.39 is 0 Å². The standard InChI is InChI=1S/C19H24ClN5/c1-14-10-22-24(12-14)9-8-21-11-18-15(2)23-25(16(18)3)13-17-6-4-5-7-19(17)20/h4-7,10,12,21H,8-9,11,13H2,1-3H3. The highest BCUT2D eigenvalue weighted by molar-refractivity contribution is 6.31. The van der Waals surface area contributed by atoms with Gasteiger partial charge in [-0.3, -0.25) is 9.36 Å². The van der Waals surface area contributed by atoms with E-state index in [4.69, 9.17) is 11.6 Å². The summed E-state index contributed by atoms with van der Waals surface area (Å²) in [6, 6.07) is 7.92. The number of nitrogens with zero attached hydrogens (tertiary/aromatic N) is 4. The lowest BCUT2D eigenvalue weighted by molar-refractivity contribution is 0.553. The van der Waals surface area contributed by atoms with Crippen molar-refractivity contribution in [1.82, 2.24) is 24.9 Å². The Morgan fingerprint density at radius 1 is 1.16 bits per heavy atom. The minimum atomic E-state index is 0.693. The van der Waals surface area contributed by atoms with Gasteiger partial charge >= 0.3 is 0 Å². The highest BCUT2D eigenvalue weighted by Gasteiger charge is 2.12. The molecule has 0 saturated carbocycles. The highest BCUT2D eigenvalue weighted by Crippen LogP contribution is 2.19. The molecule has 0 fully saturated rings. The molecule has 25 heavy (non-hydrogen) atoms. The molecule has 0 aliphatic heterocycles. The van der Waals surface area contributed by atoms with Gasteiger partial charge in [0.05, 0.1) is 25.0 Å². The number of hydrogen-bond acceptors (Lipinski definition) is 3. The number of nitrogens with one attached hydrogen (secondary N) is 1. The molecule has 0 radical (unpaired) electrons. The lowest BCUT2D eigenvalue weighted by atomic mass is 10.2. The van der Waals surface area contributed by atoms with E-state index in [-0.39, 0.29) is 0 Å². The highest BCUT2D eigenvalue weighted by atomic mass is 35.5. The van der Waals surface area contributed by atoms with Crippen LogP contribution in [-0.4, -0.2) is 26.1 Å². The second kappa shape index (κ2) is 7.85. The van der Waals surface area contributed by atoms with E-state index in [0.717, 1.165) is 35.9 Å². The monoisotopic (exact) mass is 357 g/mol. The van der Waals surface area contributed by atoms with Crippen molar-refractivity contribution in [3.8, 4) is 0 Å². The second-order valence-electron chi connectivity index (χ2n) is 6.36. The van der Waals surface area contributed by atoms with Gasteiger partial charge in [-0.2, -0.15) is 10.2 Å². The zero-order valence-electron chi connectivity index (χ0n) is 15.0. The third-order valence-electron chi connectivity index (χ3n) is 4.39. The van der Waals surface area contributed by atoms with Crippen molar-refractivity contribution in [1.29, 1.82) is 0 Å². The number of aromatic nitrogens is 4. The van der Waals surface area contributed by atoms with E-state index in [1.165, 1.54) is 16.8 Å². The first-order valence-electron chi connectivity index (χ1n) is 8.50. The summed E-state index contributed by atoms with van der Waals surface area (Å²) in [5, 5.41) is 13.3. The zero-order chi connectivity index (χ0) is 17.8. The largest absolute Gasteiger partial charge is 0.311 e. The van der Waals surface area contributed by atoms with Gasteiger partial charge in [0.1, 0.15) is 0 Å². The molecule has 0 atom stereocenters. The SMILES string of the molecule is Cc1cnn(CCNCc2c(C)nn(Cc3ccccc3Cl)c2C)c1. The third-order valence-corrected chi connectivity index (χ3v) is 4.76. The Bertz CT molecular complexity index is 849. The van der Waals surface area contributed by atoms with Crippen LogP contribution in [0.25, 0.3) is 0 Å². The lowest BCUT2D eigenvalue weighted by Gasteiger charge is -2.08. The molecule has 6 heteroatoms. The zero-order valence-corrected chi connectivity index (χ0v) is 15.7. The molecule has 3 rings (SSSR count). The van der Waals surface area contributed by atoms with Crippen molar-refractivity contribution >= 4 is 11.6 Å². The summed E-state index contributed by atoms with van der Waals surface area (Å²) in [7, 11) is 0. The molecule has 3 aromatic rings. The van der Waals surface area contributed by atoms with E-state index in [0.29, 0.717) is 6.54 Å². The summed E-state index contributed by atoms with van der Waals surface area (Å²) in [4.78, 5) is 0. The number of rotatable bonds is 7. The average Bonchev–Trinajstić information content (AvgIpc) is 3.11. The van der Waals surface area contributed by atoms with Gasteiger partial charge in [-0.1, -0.05) is 29.8 Å². The molecule has 0 bridgehead atoms. The molecular formula is C19H24ClN5. The van der Waals surface area contributed by atoms with Gasteiger partial charge in [0.2, 0.25) is 0 Å². The van der Waals surface area contributed by atoms with Crippen LogP contribution in [0.3, 0.4) is 0 Å². The molecule has 0 aliphatic rings. The fraction of sp³-hybridized carbons (Fsp3) is 0.368. The van der Waals surface area contributed by atoms with Crippen LogP contribution in [0.15, 0.2) is 36.7 Å². The van der Waals surface area contributed by atoms with Crippen molar-refractivity contribution < 1.29 is 0 Å². The molecule has 5 nitrogen and oxygen atoms in total. The van der Waals surface area contributed by atoms with Crippen molar-refractivity contribution in [3.05, 3.63) is 69.8 Å². The Kier molecular flexibility index (Phi) is 5.56. The minimum Gasteiger partial charge on any atom is -0.311 e. The molecule has 132 valence electrons. The maximum absolute atomic E-state index is 6.27. The molecule has 0 saturated heterocycles. The van der Waals surface area contributed by atoms with Crippen molar-refractivity contribution in [2.45, 2.75) is 40.4 Å². The lowest BCUT2D eigenvalue weighted by Crippen LogP contribution is -2.20. The number of aryl methyl sites for hydroxylation is 2. The molecule has 0 aliphatic carbocycles. The third kappa shape index (κ3) is 4.30. The summed E-state index contributed by atoms with van der Waals surface area (Å²) >= 11 is 6.27. The van der Waals surface area contributed by atoms with E-state index >= 15 is 0 Å². The van der Waals surface area contributed by atoms with Gasteiger partial charge in [-0.25, -0.2) is 0 Å². The predicted molar refractivity (Wildman–Crippen MR) is 101 cm³/mol. The Morgan fingerprint density at radius 2 is 1.96 bits per heavy atom. The van der Waals surface area contributed by atoms with E-state index in [9.17, 15) is 0 Å². The number of halogens is 1. The van der Waals surface area contributed by atoms with Gasteiger partial charge in [0, 0.05) is 35.6 Å². The van der Waals surface area contributed by atoms with Gasteiger partial charge in [0.15, 0.2) is 0 Å². The molecule has 0 spiro atoms. The quantitative estimate of drug-likeness (QED) is 0.658. The first kappa shape index (κ1) is 17.7. The molecular weight excluding hydrogens is 334 g/mol. The average molecular weight is 358 g/mol. The van der Waals surface area contributed by atoms with Crippen LogP contribution in [0.5, 0.6) is 0 Å². The van der Waals surface area contributed by atoms with Crippen molar-refractivity contribution in [2.75, 3.05) is 6.54 Å². The topological polar surface area (TPSA) is 47.7 Å². The first-order valence-corrected chi connectivity index (χ1v) is 8.88. The van der Waals surface area contributed by atoms with Crippen LogP contribution in [-0.2, 0) is 19.6 Å². The van der Waals surface area contributed by atoms with Gasteiger partial charge < -0.3 is 5.32 Å². The van der Waals surface area contributed by atoms with Crippen molar-refractivity contribution in [3.63, 3.8) is 0 Å². The Morgan fingerprint density at radius 3 is 2.68 bits per heavy atom. The van der Waals surface area contributed by atoms with Crippen molar-refractivity contribution in [2.24, 2.45) is 0 Å². The van der Waals surface area contributed by atoms with Crippen LogP contribution in [0, 0.1) is 20.8 Å². The van der Waals surface area contributed by atoms with E-state index in [1.807, 2.05) is 39.8 Å². The molecule has 2 heterocycles. The molecule has 2 aromatic heterocycles. The Labute approximate surface area is 153 Å². The van der Waals surface area contributed by atoms with Gasteiger partial charge in [-0.15, -0.1) is 0 Å². The van der Waals surface area contributed by atoms with Crippen LogP contribution in [0.4, 0.5) is 0 Å².